The van der Waals surface area contributed by atoms with Crippen LogP contribution in [0.5, 0.6) is 0 Å². The number of nitrogens with one attached hydrogen (secondary N) is 2. The molecule has 0 aromatic carbocycles. The van der Waals surface area contributed by atoms with Crippen LogP contribution < -0.4 is 22.3 Å². The topological polar surface area (TPSA) is 134 Å². The standard InChI is InChI=1S/C8H9N5O3/c9-1-2-11-6(14)4-13-3-5(10)7(15)12-8(13)16/h3H,2,4,10H2,(H,11,14)(H,12,15,16). The van der Waals surface area contributed by atoms with Crippen LogP contribution in [0.2, 0.25) is 0 Å². The van der Waals surface area contributed by atoms with E-state index in [2.05, 4.69) is 5.32 Å². The molecule has 0 unspecified atom stereocenters. The number of H-pyrrole nitrogens is 1. The third-order valence-electron chi connectivity index (χ3n) is 1.72. The molecule has 0 aliphatic rings. The zero-order valence-corrected chi connectivity index (χ0v) is 8.19. The Morgan fingerprint density at radius 3 is 2.94 bits per heavy atom. The smallest absolute Gasteiger partial charge is 0.328 e. The van der Waals surface area contributed by atoms with E-state index in [1.54, 1.807) is 6.07 Å². The number of carbonyl (C=O) groups excluding carboxylic acids is 1. The number of aromatic nitrogens is 2. The first-order valence-corrected chi connectivity index (χ1v) is 4.27. The van der Waals surface area contributed by atoms with E-state index < -0.39 is 17.2 Å². The van der Waals surface area contributed by atoms with Gasteiger partial charge in [-0.05, 0) is 0 Å². The summed E-state index contributed by atoms with van der Waals surface area (Å²) in [7, 11) is 0. The minimum absolute atomic E-state index is 0.146. The number of nitrogens with two attached hydrogens (primary N) is 1. The summed E-state index contributed by atoms with van der Waals surface area (Å²) in [5.41, 5.74) is 3.69. The van der Waals surface area contributed by atoms with Crippen LogP contribution in [0.25, 0.3) is 0 Å². The molecular weight excluding hydrogens is 214 g/mol. The number of rotatable bonds is 3. The first-order chi connectivity index (χ1) is 7.54. The van der Waals surface area contributed by atoms with Gasteiger partial charge in [0.1, 0.15) is 18.8 Å². The van der Waals surface area contributed by atoms with Gasteiger partial charge in [-0.25, -0.2) is 4.79 Å². The molecular formula is C8H9N5O3. The fourth-order valence-corrected chi connectivity index (χ4v) is 0.992. The van der Waals surface area contributed by atoms with Crippen LogP contribution >= 0.6 is 0 Å². The Labute approximate surface area is 89.3 Å². The highest BCUT2D eigenvalue weighted by atomic mass is 16.2. The molecule has 16 heavy (non-hydrogen) atoms. The van der Waals surface area contributed by atoms with Crippen LogP contribution in [0, 0.1) is 11.3 Å². The number of aromatic amines is 1. The molecule has 84 valence electrons. The van der Waals surface area contributed by atoms with Crippen LogP contribution in [-0.4, -0.2) is 22.0 Å². The molecule has 0 aliphatic heterocycles. The van der Waals surface area contributed by atoms with Crippen molar-refractivity contribution in [1.82, 2.24) is 14.9 Å². The predicted octanol–water partition coefficient (Wildman–Crippen LogP) is -2.24. The van der Waals surface area contributed by atoms with Gasteiger partial charge in [0.25, 0.3) is 5.56 Å². The van der Waals surface area contributed by atoms with Gasteiger partial charge in [0.15, 0.2) is 0 Å². The zero-order valence-electron chi connectivity index (χ0n) is 8.19. The van der Waals surface area contributed by atoms with Gasteiger partial charge in [-0.3, -0.25) is 19.1 Å². The highest BCUT2D eigenvalue weighted by Crippen LogP contribution is 1.86. The molecule has 0 saturated heterocycles. The van der Waals surface area contributed by atoms with Gasteiger partial charge in [0, 0.05) is 6.20 Å². The lowest BCUT2D eigenvalue weighted by atomic mass is 10.5. The summed E-state index contributed by atoms with van der Waals surface area (Å²) in [6.07, 6.45) is 1.08. The highest BCUT2D eigenvalue weighted by molar-refractivity contribution is 5.75. The summed E-state index contributed by atoms with van der Waals surface area (Å²) in [6.45, 7) is -0.450. The molecule has 0 spiro atoms. The lowest BCUT2D eigenvalue weighted by Gasteiger charge is -2.04. The van der Waals surface area contributed by atoms with Gasteiger partial charge in [-0.1, -0.05) is 0 Å². The summed E-state index contributed by atoms with van der Waals surface area (Å²) in [5, 5.41) is 10.5. The Morgan fingerprint density at radius 2 is 2.31 bits per heavy atom. The van der Waals surface area contributed by atoms with Gasteiger partial charge >= 0.3 is 5.69 Å². The maximum Gasteiger partial charge on any atom is 0.328 e. The van der Waals surface area contributed by atoms with Crippen LogP contribution in [0.1, 0.15) is 0 Å². The summed E-state index contributed by atoms with van der Waals surface area (Å²) in [6, 6.07) is 1.72. The normalized spacial score (nSPS) is 9.44. The maximum absolute atomic E-state index is 11.2. The number of nitriles is 1. The minimum Gasteiger partial charge on any atom is -0.393 e. The third-order valence-corrected chi connectivity index (χ3v) is 1.72. The number of amides is 1. The predicted molar refractivity (Wildman–Crippen MR) is 54.4 cm³/mol. The maximum atomic E-state index is 11.2. The number of anilines is 1. The molecule has 1 rings (SSSR count). The zero-order chi connectivity index (χ0) is 12.1. The molecule has 0 aliphatic carbocycles. The van der Waals surface area contributed by atoms with Crippen molar-refractivity contribution in [2.24, 2.45) is 0 Å². The van der Waals surface area contributed by atoms with Crippen molar-refractivity contribution in [1.29, 1.82) is 5.26 Å². The van der Waals surface area contributed by atoms with Crippen molar-refractivity contribution >= 4 is 11.6 Å². The second kappa shape index (κ2) is 4.79. The van der Waals surface area contributed by atoms with Crippen molar-refractivity contribution in [3.63, 3.8) is 0 Å². The van der Waals surface area contributed by atoms with Gasteiger partial charge < -0.3 is 11.1 Å². The van der Waals surface area contributed by atoms with Crippen molar-refractivity contribution in [3.8, 4) is 6.07 Å². The Bertz CT molecular complexity index is 550. The van der Waals surface area contributed by atoms with Crippen LogP contribution in [0.4, 0.5) is 5.69 Å². The Hall–Kier alpha value is -2.56. The average Bonchev–Trinajstić information content (AvgIpc) is 2.23. The Balaban J connectivity index is 2.87. The third kappa shape index (κ3) is 2.71. The van der Waals surface area contributed by atoms with Crippen LogP contribution in [0.15, 0.2) is 15.8 Å². The van der Waals surface area contributed by atoms with E-state index in [9.17, 15) is 14.4 Å². The average molecular weight is 223 g/mol. The molecule has 1 heterocycles. The molecule has 0 atom stereocenters. The van der Waals surface area contributed by atoms with Crippen molar-refractivity contribution in [3.05, 3.63) is 27.0 Å². The molecule has 0 bridgehead atoms. The quantitative estimate of drug-likeness (QED) is 0.498. The number of hydrogen-bond acceptors (Lipinski definition) is 5. The Kier molecular flexibility index (Phi) is 3.45. The first kappa shape index (κ1) is 11.5. The van der Waals surface area contributed by atoms with Gasteiger partial charge in [-0.15, -0.1) is 0 Å². The Morgan fingerprint density at radius 1 is 1.62 bits per heavy atom. The monoisotopic (exact) mass is 223 g/mol. The molecule has 0 radical (unpaired) electrons. The van der Waals surface area contributed by atoms with Gasteiger partial charge in [-0.2, -0.15) is 5.26 Å². The highest BCUT2D eigenvalue weighted by Gasteiger charge is 2.05. The van der Waals surface area contributed by atoms with E-state index in [1.807, 2.05) is 4.98 Å². The van der Waals surface area contributed by atoms with Crippen molar-refractivity contribution in [2.45, 2.75) is 6.54 Å². The van der Waals surface area contributed by atoms with E-state index >= 15 is 0 Å². The lowest BCUT2D eigenvalue weighted by Crippen LogP contribution is -2.36. The minimum atomic E-state index is -0.730. The van der Waals surface area contributed by atoms with E-state index in [-0.39, 0.29) is 18.8 Å². The number of nitrogen functional groups attached to an aromatic ring is 1. The fraction of sp³-hybridized carbons (Fsp3) is 0.250. The second-order valence-corrected chi connectivity index (χ2v) is 2.91. The molecule has 8 heteroatoms. The molecule has 4 N–H and O–H groups in total. The molecule has 0 fully saturated rings. The van der Waals surface area contributed by atoms with Crippen molar-refractivity contribution in [2.75, 3.05) is 12.3 Å². The fourth-order valence-electron chi connectivity index (χ4n) is 0.992. The van der Waals surface area contributed by atoms with Crippen molar-refractivity contribution < 1.29 is 4.79 Å². The summed E-state index contributed by atoms with van der Waals surface area (Å²) in [5.74, 6) is -0.518. The summed E-state index contributed by atoms with van der Waals surface area (Å²) >= 11 is 0. The largest absolute Gasteiger partial charge is 0.393 e. The van der Waals surface area contributed by atoms with E-state index in [0.29, 0.717) is 0 Å². The number of nitrogens with zero attached hydrogens (tertiary/aromatic N) is 2. The molecule has 1 aromatic rings. The van der Waals surface area contributed by atoms with E-state index in [1.165, 1.54) is 0 Å². The van der Waals surface area contributed by atoms with Crippen LogP contribution in [-0.2, 0) is 11.3 Å². The second-order valence-electron chi connectivity index (χ2n) is 2.91. The number of carbonyl (C=O) groups is 1. The van der Waals surface area contributed by atoms with E-state index in [0.717, 1.165) is 10.8 Å². The summed E-state index contributed by atoms with van der Waals surface area (Å²) < 4.78 is 0.948. The molecule has 8 nitrogen and oxygen atoms in total. The number of hydrogen-bond donors (Lipinski definition) is 3. The molecule has 1 amide bonds. The lowest BCUT2D eigenvalue weighted by molar-refractivity contribution is -0.121. The summed E-state index contributed by atoms with van der Waals surface area (Å²) in [4.78, 5) is 35.2. The van der Waals surface area contributed by atoms with Crippen LogP contribution in [0.3, 0.4) is 0 Å². The molecule has 1 aromatic heterocycles. The van der Waals surface area contributed by atoms with Gasteiger partial charge in [0.05, 0.1) is 6.07 Å². The molecule has 0 saturated carbocycles. The van der Waals surface area contributed by atoms with E-state index in [4.69, 9.17) is 11.0 Å². The van der Waals surface area contributed by atoms with Gasteiger partial charge in [0.2, 0.25) is 5.91 Å². The first-order valence-electron chi connectivity index (χ1n) is 4.27. The SMILES string of the molecule is N#CCNC(=O)Cn1cc(N)c(=O)[nH]c1=O.